The first kappa shape index (κ1) is 10.0. The molecule has 0 unspecified atom stereocenters. The third kappa shape index (κ3) is 2.50. The number of nitrogens with zero attached hydrogens (tertiary/aromatic N) is 1. The molecule has 0 N–H and O–H groups in total. The van der Waals surface area contributed by atoms with E-state index in [4.69, 9.17) is 4.74 Å². The maximum atomic E-state index is 12.6. The molecule has 1 amide bonds. The Morgan fingerprint density at radius 3 is 2.73 bits per heavy atom. The first-order chi connectivity index (χ1) is 7.25. The van der Waals surface area contributed by atoms with Gasteiger partial charge < -0.3 is 4.74 Å². The molecule has 0 spiro atoms. The molecule has 5 heteroatoms. The SMILES string of the molecule is O=C(Oc1ccc(F)cc1)N1C=CSC1. The number of ether oxygens (including phenoxy) is 1. The Morgan fingerprint density at radius 1 is 1.40 bits per heavy atom. The van der Waals surface area contributed by atoms with E-state index in [1.165, 1.54) is 40.9 Å². The molecule has 0 aromatic heterocycles. The normalized spacial score (nSPS) is 14.3. The Kier molecular flexibility index (Phi) is 2.91. The first-order valence-corrected chi connectivity index (χ1v) is 5.33. The highest BCUT2D eigenvalue weighted by Gasteiger charge is 2.15. The van der Waals surface area contributed by atoms with Crippen molar-refractivity contribution in [1.29, 1.82) is 0 Å². The number of halogens is 1. The van der Waals surface area contributed by atoms with Gasteiger partial charge in [0, 0.05) is 6.20 Å². The van der Waals surface area contributed by atoms with E-state index in [9.17, 15) is 9.18 Å². The van der Waals surface area contributed by atoms with Crippen LogP contribution >= 0.6 is 11.8 Å². The molecule has 1 heterocycles. The molecule has 1 aliphatic rings. The lowest BCUT2D eigenvalue weighted by Crippen LogP contribution is -2.26. The average molecular weight is 225 g/mol. The van der Waals surface area contributed by atoms with Gasteiger partial charge in [-0.05, 0) is 29.7 Å². The van der Waals surface area contributed by atoms with Gasteiger partial charge in [-0.3, -0.25) is 4.90 Å². The molecule has 3 nitrogen and oxygen atoms in total. The molecule has 0 radical (unpaired) electrons. The molecule has 0 atom stereocenters. The van der Waals surface area contributed by atoms with E-state index in [0.717, 1.165) is 0 Å². The Balaban J connectivity index is 1.99. The van der Waals surface area contributed by atoms with Crippen molar-refractivity contribution in [2.45, 2.75) is 0 Å². The predicted molar refractivity (Wildman–Crippen MR) is 55.9 cm³/mol. The smallest absolute Gasteiger partial charge is 0.410 e. The minimum absolute atomic E-state index is 0.340. The summed E-state index contributed by atoms with van der Waals surface area (Å²) in [5.41, 5.74) is 0. The Hall–Kier alpha value is -1.49. The zero-order valence-corrected chi connectivity index (χ0v) is 8.54. The van der Waals surface area contributed by atoms with Crippen molar-refractivity contribution in [3.63, 3.8) is 0 Å². The highest BCUT2D eigenvalue weighted by molar-refractivity contribution is 8.02. The van der Waals surface area contributed by atoms with E-state index in [2.05, 4.69) is 0 Å². The second kappa shape index (κ2) is 4.35. The number of rotatable bonds is 1. The van der Waals surface area contributed by atoms with Crippen molar-refractivity contribution in [3.05, 3.63) is 41.7 Å². The zero-order chi connectivity index (χ0) is 10.7. The van der Waals surface area contributed by atoms with Crippen LogP contribution in [0.2, 0.25) is 0 Å². The summed E-state index contributed by atoms with van der Waals surface area (Å²) in [6.45, 7) is 0. The van der Waals surface area contributed by atoms with Crippen LogP contribution in [-0.4, -0.2) is 16.9 Å². The quantitative estimate of drug-likeness (QED) is 0.736. The van der Waals surface area contributed by atoms with E-state index in [1.54, 1.807) is 6.20 Å². The highest BCUT2D eigenvalue weighted by Crippen LogP contribution is 2.18. The Bertz CT molecular complexity index is 391. The number of amides is 1. The zero-order valence-electron chi connectivity index (χ0n) is 7.72. The largest absolute Gasteiger partial charge is 0.420 e. The van der Waals surface area contributed by atoms with Gasteiger partial charge in [0.15, 0.2) is 0 Å². The van der Waals surface area contributed by atoms with Crippen LogP contribution in [0.4, 0.5) is 9.18 Å². The summed E-state index contributed by atoms with van der Waals surface area (Å²) < 4.78 is 17.6. The van der Waals surface area contributed by atoms with Crippen molar-refractivity contribution in [1.82, 2.24) is 4.90 Å². The lowest BCUT2D eigenvalue weighted by molar-refractivity contribution is 0.176. The number of benzene rings is 1. The second-order valence-corrected chi connectivity index (χ2v) is 3.74. The minimum Gasteiger partial charge on any atom is -0.410 e. The summed E-state index contributed by atoms with van der Waals surface area (Å²) in [5, 5.41) is 1.81. The third-order valence-corrected chi connectivity index (χ3v) is 2.55. The number of thioether (sulfide) groups is 1. The van der Waals surface area contributed by atoms with E-state index in [1.807, 2.05) is 5.41 Å². The van der Waals surface area contributed by atoms with Gasteiger partial charge in [-0.1, -0.05) is 0 Å². The average Bonchev–Trinajstić information content (AvgIpc) is 2.74. The van der Waals surface area contributed by atoms with Crippen molar-refractivity contribution in [2.75, 3.05) is 5.88 Å². The molecule has 1 aliphatic heterocycles. The van der Waals surface area contributed by atoms with Gasteiger partial charge in [0.2, 0.25) is 0 Å². The second-order valence-electron chi connectivity index (χ2n) is 2.87. The van der Waals surface area contributed by atoms with E-state index >= 15 is 0 Å². The van der Waals surface area contributed by atoms with Gasteiger partial charge in [0.25, 0.3) is 0 Å². The molecule has 15 heavy (non-hydrogen) atoms. The Labute approximate surface area is 90.5 Å². The molecule has 2 rings (SSSR count). The molecule has 78 valence electrons. The lowest BCUT2D eigenvalue weighted by atomic mass is 10.3. The van der Waals surface area contributed by atoms with Crippen LogP contribution in [0.3, 0.4) is 0 Å². The summed E-state index contributed by atoms with van der Waals surface area (Å²) in [4.78, 5) is 12.9. The van der Waals surface area contributed by atoms with Gasteiger partial charge in [-0.2, -0.15) is 0 Å². The van der Waals surface area contributed by atoms with Gasteiger partial charge >= 0.3 is 6.09 Å². The Morgan fingerprint density at radius 2 is 2.13 bits per heavy atom. The summed E-state index contributed by atoms with van der Waals surface area (Å²) in [6, 6.07) is 5.33. The molecule has 0 bridgehead atoms. The summed E-state index contributed by atoms with van der Waals surface area (Å²) in [7, 11) is 0. The van der Waals surface area contributed by atoms with Crippen molar-refractivity contribution in [3.8, 4) is 5.75 Å². The van der Waals surface area contributed by atoms with E-state index in [0.29, 0.717) is 11.6 Å². The van der Waals surface area contributed by atoms with Gasteiger partial charge in [-0.15, -0.1) is 11.8 Å². The molecule has 0 aliphatic carbocycles. The van der Waals surface area contributed by atoms with Crippen LogP contribution < -0.4 is 4.74 Å². The molecule has 1 aromatic carbocycles. The fourth-order valence-corrected chi connectivity index (χ4v) is 1.73. The van der Waals surface area contributed by atoms with Crippen LogP contribution in [0.15, 0.2) is 35.9 Å². The van der Waals surface area contributed by atoms with Crippen LogP contribution in [0, 0.1) is 5.82 Å². The summed E-state index contributed by atoms with van der Waals surface area (Å²) in [6.07, 6.45) is 1.19. The minimum atomic E-state index is -0.456. The number of hydrogen-bond acceptors (Lipinski definition) is 3. The molecule has 0 saturated carbocycles. The van der Waals surface area contributed by atoms with Crippen LogP contribution in [0.1, 0.15) is 0 Å². The maximum absolute atomic E-state index is 12.6. The summed E-state index contributed by atoms with van der Waals surface area (Å²) >= 11 is 1.51. The molecule has 0 saturated heterocycles. The molecule has 1 aromatic rings. The fraction of sp³-hybridized carbons (Fsp3) is 0.100. The van der Waals surface area contributed by atoms with Gasteiger partial charge in [0.1, 0.15) is 11.6 Å². The maximum Gasteiger partial charge on any atom is 0.420 e. The topological polar surface area (TPSA) is 29.5 Å². The third-order valence-electron chi connectivity index (χ3n) is 1.80. The van der Waals surface area contributed by atoms with Gasteiger partial charge in [0.05, 0.1) is 5.88 Å². The van der Waals surface area contributed by atoms with Crippen molar-refractivity contribution < 1.29 is 13.9 Å². The van der Waals surface area contributed by atoms with Crippen LogP contribution in [-0.2, 0) is 0 Å². The monoisotopic (exact) mass is 225 g/mol. The van der Waals surface area contributed by atoms with E-state index < -0.39 is 6.09 Å². The number of hydrogen-bond donors (Lipinski definition) is 0. The fourth-order valence-electron chi connectivity index (χ4n) is 1.06. The van der Waals surface area contributed by atoms with E-state index in [-0.39, 0.29) is 5.82 Å². The summed E-state index contributed by atoms with van der Waals surface area (Å²) in [5.74, 6) is 0.540. The number of carbonyl (C=O) groups is 1. The molecule has 0 fully saturated rings. The first-order valence-electron chi connectivity index (χ1n) is 4.28. The van der Waals surface area contributed by atoms with Gasteiger partial charge in [-0.25, -0.2) is 9.18 Å². The highest BCUT2D eigenvalue weighted by atomic mass is 32.2. The number of carbonyl (C=O) groups excluding carboxylic acids is 1. The van der Waals surface area contributed by atoms with Crippen LogP contribution in [0.25, 0.3) is 0 Å². The lowest BCUT2D eigenvalue weighted by Gasteiger charge is -2.12. The van der Waals surface area contributed by atoms with Crippen LogP contribution in [0.5, 0.6) is 5.75 Å². The predicted octanol–water partition coefficient (Wildman–Crippen LogP) is 2.80. The molecular weight excluding hydrogens is 217 g/mol. The van der Waals surface area contributed by atoms with Crippen molar-refractivity contribution in [2.24, 2.45) is 0 Å². The molecular formula is C10H8FNO2S. The standard InChI is InChI=1S/C10H8FNO2S/c11-8-1-3-9(4-2-8)14-10(13)12-5-6-15-7-12/h1-6H,7H2. The van der Waals surface area contributed by atoms with Crippen molar-refractivity contribution >= 4 is 17.9 Å².